The second-order valence-electron chi connectivity index (χ2n) is 7.40. The Morgan fingerprint density at radius 1 is 1.42 bits per heavy atom. The fraction of sp³-hybridized carbons (Fsp3) is 0.650. The third-order valence-corrected chi connectivity index (χ3v) is 4.73. The van der Waals surface area contributed by atoms with Gasteiger partial charge in [-0.1, -0.05) is 26.0 Å². The zero-order valence-corrected chi connectivity index (χ0v) is 19.1. The normalized spacial score (nSPS) is 17.6. The molecule has 1 atom stereocenters. The quantitative estimate of drug-likeness (QED) is 0.373. The van der Waals surface area contributed by atoms with Gasteiger partial charge in [0.15, 0.2) is 5.96 Å². The lowest BCUT2D eigenvalue weighted by Gasteiger charge is -2.28. The summed E-state index contributed by atoms with van der Waals surface area (Å²) in [6.07, 6.45) is 1.14. The molecule has 0 aromatic heterocycles. The first kappa shape index (κ1) is 23.0. The van der Waals surface area contributed by atoms with Gasteiger partial charge in [0.05, 0.1) is 20.3 Å². The molecule has 148 valence electrons. The maximum atomic E-state index is 5.49. The number of aliphatic imine (C=N–C) groups is 1. The molecule has 1 aromatic rings. The van der Waals surface area contributed by atoms with Gasteiger partial charge in [-0.3, -0.25) is 4.99 Å². The average molecular weight is 475 g/mol. The van der Waals surface area contributed by atoms with Gasteiger partial charge in [-0.05, 0) is 31.0 Å². The number of hydrogen-bond acceptors (Lipinski definition) is 3. The van der Waals surface area contributed by atoms with Crippen molar-refractivity contribution in [1.29, 1.82) is 0 Å². The van der Waals surface area contributed by atoms with Crippen molar-refractivity contribution in [3.63, 3.8) is 0 Å². The molecule has 1 N–H and O–H groups in total. The standard InChI is InChI=1S/C20H33N3O2.HI/c1-6-21-19(23(4)13-16-10-11-25-14-16)22-15-20(2,3)17-8-7-9-18(12-17)24-5;/h7-9,12,16H,6,10-11,13-15H2,1-5H3,(H,21,22);1H. The molecular weight excluding hydrogens is 441 g/mol. The second-order valence-corrected chi connectivity index (χ2v) is 7.40. The number of halogens is 1. The Labute approximate surface area is 175 Å². The van der Waals surface area contributed by atoms with Crippen LogP contribution in [0.25, 0.3) is 0 Å². The summed E-state index contributed by atoms with van der Waals surface area (Å²) >= 11 is 0. The van der Waals surface area contributed by atoms with Crippen molar-refractivity contribution >= 4 is 29.9 Å². The van der Waals surface area contributed by atoms with Crippen LogP contribution >= 0.6 is 24.0 Å². The van der Waals surface area contributed by atoms with Gasteiger partial charge in [0, 0.05) is 38.1 Å². The Hall–Kier alpha value is -1.02. The summed E-state index contributed by atoms with van der Waals surface area (Å²) in [4.78, 5) is 7.14. The number of nitrogens with zero attached hydrogens (tertiary/aromatic N) is 2. The SMILES string of the molecule is CCNC(=NCC(C)(C)c1cccc(OC)c1)N(C)CC1CCOC1.I. The molecule has 0 saturated carbocycles. The molecule has 2 rings (SSSR count). The van der Waals surface area contributed by atoms with Crippen LogP contribution in [-0.2, 0) is 10.2 Å². The topological polar surface area (TPSA) is 46.1 Å². The van der Waals surface area contributed by atoms with Crippen molar-refractivity contribution in [3.8, 4) is 5.75 Å². The first-order valence-electron chi connectivity index (χ1n) is 9.18. The van der Waals surface area contributed by atoms with Gasteiger partial charge >= 0.3 is 0 Å². The van der Waals surface area contributed by atoms with Crippen LogP contribution in [-0.4, -0.2) is 57.9 Å². The fourth-order valence-corrected chi connectivity index (χ4v) is 3.08. The summed E-state index contributed by atoms with van der Waals surface area (Å²) in [6, 6.07) is 8.26. The molecule has 1 saturated heterocycles. The Balaban J connectivity index is 0.00000338. The van der Waals surface area contributed by atoms with E-state index in [1.807, 2.05) is 12.1 Å². The minimum absolute atomic E-state index is 0. The molecule has 1 fully saturated rings. The molecule has 1 aliphatic heterocycles. The highest BCUT2D eigenvalue weighted by Crippen LogP contribution is 2.26. The summed E-state index contributed by atoms with van der Waals surface area (Å²) in [5.74, 6) is 2.45. The molecule has 1 unspecified atom stereocenters. The lowest BCUT2D eigenvalue weighted by molar-refractivity contribution is 0.181. The minimum atomic E-state index is -0.0630. The van der Waals surface area contributed by atoms with Crippen molar-refractivity contribution < 1.29 is 9.47 Å². The highest BCUT2D eigenvalue weighted by molar-refractivity contribution is 14.0. The molecule has 26 heavy (non-hydrogen) atoms. The number of rotatable bonds is 7. The number of hydrogen-bond donors (Lipinski definition) is 1. The molecule has 5 nitrogen and oxygen atoms in total. The van der Waals surface area contributed by atoms with Crippen LogP contribution in [0.3, 0.4) is 0 Å². The van der Waals surface area contributed by atoms with E-state index < -0.39 is 0 Å². The Morgan fingerprint density at radius 2 is 2.19 bits per heavy atom. The van der Waals surface area contributed by atoms with Crippen LogP contribution in [0.2, 0.25) is 0 Å². The van der Waals surface area contributed by atoms with E-state index in [2.05, 4.69) is 50.2 Å². The lowest BCUT2D eigenvalue weighted by atomic mass is 9.84. The smallest absolute Gasteiger partial charge is 0.193 e. The predicted molar refractivity (Wildman–Crippen MR) is 119 cm³/mol. The molecule has 1 aromatic carbocycles. The maximum Gasteiger partial charge on any atom is 0.193 e. The maximum absolute atomic E-state index is 5.49. The van der Waals surface area contributed by atoms with Gasteiger partial charge in [0.1, 0.15) is 5.75 Å². The van der Waals surface area contributed by atoms with E-state index in [0.717, 1.165) is 44.4 Å². The molecule has 6 heteroatoms. The van der Waals surface area contributed by atoms with E-state index in [-0.39, 0.29) is 29.4 Å². The molecule has 0 aliphatic carbocycles. The lowest BCUT2D eigenvalue weighted by Crippen LogP contribution is -2.42. The number of nitrogens with one attached hydrogen (secondary N) is 1. The first-order valence-corrected chi connectivity index (χ1v) is 9.18. The van der Waals surface area contributed by atoms with Crippen LogP contribution in [0.1, 0.15) is 32.8 Å². The van der Waals surface area contributed by atoms with Crippen LogP contribution < -0.4 is 10.1 Å². The monoisotopic (exact) mass is 475 g/mol. The predicted octanol–water partition coefficient (Wildman–Crippen LogP) is 3.52. The summed E-state index contributed by atoms with van der Waals surface area (Å²) in [7, 11) is 3.81. The number of ether oxygens (including phenoxy) is 2. The summed E-state index contributed by atoms with van der Waals surface area (Å²) in [5, 5.41) is 3.41. The average Bonchev–Trinajstić information content (AvgIpc) is 3.11. The van der Waals surface area contributed by atoms with Crippen LogP contribution in [0.5, 0.6) is 5.75 Å². The van der Waals surface area contributed by atoms with Crippen LogP contribution in [0.15, 0.2) is 29.3 Å². The van der Waals surface area contributed by atoms with Gasteiger partial charge in [-0.15, -0.1) is 24.0 Å². The van der Waals surface area contributed by atoms with E-state index in [4.69, 9.17) is 14.5 Å². The van der Waals surface area contributed by atoms with Gasteiger partial charge in [-0.2, -0.15) is 0 Å². The van der Waals surface area contributed by atoms with Gasteiger partial charge < -0.3 is 19.7 Å². The minimum Gasteiger partial charge on any atom is -0.497 e. The fourth-order valence-electron chi connectivity index (χ4n) is 3.08. The van der Waals surface area contributed by atoms with Gasteiger partial charge in [0.25, 0.3) is 0 Å². The zero-order valence-electron chi connectivity index (χ0n) is 16.7. The summed E-state index contributed by atoms with van der Waals surface area (Å²) in [5.41, 5.74) is 1.17. The van der Waals surface area contributed by atoms with E-state index in [9.17, 15) is 0 Å². The Morgan fingerprint density at radius 3 is 2.81 bits per heavy atom. The number of methoxy groups -OCH3 is 1. The van der Waals surface area contributed by atoms with E-state index >= 15 is 0 Å². The second kappa shape index (κ2) is 11.0. The highest BCUT2D eigenvalue weighted by Gasteiger charge is 2.23. The zero-order chi connectivity index (χ0) is 18.3. The molecule has 1 aliphatic rings. The first-order chi connectivity index (χ1) is 12.0. The third kappa shape index (κ3) is 6.61. The van der Waals surface area contributed by atoms with Crippen LogP contribution in [0.4, 0.5) is 0 Å². The van der Waals surface area contributed by atoms with Crippen molar-refractivity contribution in [2.45, 2.75) is 32.6 Å². The Bertz CT molecular complexity index is 572. The largest absolute Gasteiger partial charge is 0.497 e. The van der Waals surface area contributed by atoms with Crippen molar-refractivity contribution in [2.75, 3.05) is 47.0 Å². The summed E-state index contributed by atoms with van der Waals surface area (Å²) < 4.78 is 10.9. The van der Waals surface area contributed by atoms with E-state index in [0.29, 0.717) is 12.5 Å². The molecule has 0 radical (unpaired) electrons. The Kier molecular flexibility index (Phi) is 9.71. The molecule has 1 heterocycles. The molecule has 0 spiro atoms. The summed E-state index contributed by atoms with van der Waals surface area (Å²) in [6.45, 7) is 10.9. The van der Waals surface area contributed by atoms with Crippen molar-refractivity contribution in [3.05, 3.63) is 29.8 Å². The number of benzene rings is 1. The molecular formula is C20H34IN3O2. The van der Waals surface area contributed by atoms with Gasteiger partial charge in [0.2, 0.25) is 0 Å². The third-order valence-electron chi connectivity index (χ3n) is 4.73. The van der Waals surface area contributed by atoms with E-state index in [1.54, 1.807) is 7.11 Å². The van der Waals surface area contributed by atoms with Crippen molar-refractivity contribution in [2.24, 2.45) is 10.9 Å². The van der Waals surface area contributed by atoms with Gasteiger partial charge in [-0.25, -0.2) is 0 Å². The highest BCUT2D eigenvalue weighted by atomic mass is 127. The number of guanidine groups is 1. The van der Waals surface area contributed by atoms with Crippen LogP contribution in [0, 0.1) is 5.92 Å². The molecule has 0 bridgehead atoms. The van der Waals surface area contributed by atoms with E-state index in [1.165, 1.54) is 5.56 Å². The van der Waals surface area contributed by atoms with Crippen molar-refractivity contribution in [1.82, 2.24) is 10.2 Å². The molecule has 0 amide bonds.